The number of halogens is 4. The van der Waals surface area contributed by atoms with Crippen LogP contribution in [0.3, 0.4) is 0 Å². The lowest BCUT2D eigenvalue weighted by molar-refractivity contribution is -0.140. The van der Waals surface area contributed by atoms with Crippen LogP contribution in [-0.4, -0.2) is 53.8 Å². The molecule has 1 fully saturated rings. The average molecular weight is 586 g/mol. The first-order valence-corrected chi connectivity index (χ1v) is 12.6. The molecule has 38 heavy (non-hydrogen) atoms. The number of carbonyl (C=O) groups excluding carboxylic acids is 2. The van der Waals surface area contributed by atoms with E-state index in [4.69, 9.17) is 17.3 Å². The lowest BCUT2D eigenvalue weighted by Gasteiger charge is -2.13. The van der Waals surface area contributed by atoms with Crippen LogP contribution in [0.4, 0.5) is 23.5 Å². The number of H-pyrrole nitrogens is 1. The quantitative estimate of drug-likeness (QED) is 0.200. The van der Waals surface area contributed by atoms with Crippen LogP contribution in [0.2, 0.25) is 0 Å². The van der Waals surface area contributed by atoms with Gasteiger partial charge in [0, 0.05) is 17.8 Å². The number of hydrogen-bond acceptors (Lipinski definition) is 8. The van der Waals surface area contributed by atoms with Gasteiger partial charge in [0.05, 0.1) is 10.5 Å². The standard InChI is InChI=1S/C22H15F4N5O4S3/c23-14-2-1-10(6-13(14)22(24,25)26)11-5-12(37-9-11)7-15-19(35)31(21(36)38-15)4-3-17(32)28-20-27-16(29-30-20)8-18(33)34/h1-2,5-7,9H,3-4,8H2,(H,33,34)(H2,27,28,29,30,32). The Labute approximate surface area is 224 Å². The number of nitrogens with one attached hydrogen (secondary N) is 2. The number of aromatic nitrogens is 3. The highest BCUT2D eigenvalue weighted by atomic mass is 32.2. The third kappa shape index (κ3) is 6.43. The molecule has 0 bridgehead atoms. The number of carboxylic acid groups (broad SMARTS) is 1. The van der Waals surface area contributed by atoms with Crippen molar-refractivity contribution in [2.75, 3.05) is 11.9 Å². The van der Waals surface area contributed by atoms with Crippen molar-refractivity contribution in [3.63, 3.8) is 0 Å². The molecule has 1 aromatic carbocycles. The van der Waals surface area contributed by atoms with Crippen LogP contribution in [0.15, 0.2) is 34.6 Å². The van der Waals surface area contributed by atoms with Crippen molar-refractivity contribution in [3.8, 4) is 11.1 Å². The van der Waals surface area contributed by atoms with E-state index >= 15 is 0 Å². The van der Waals surface area contributed by atoms with Gasteiger partial charge in [0.1, 0.15) is 22.4 Å². The molecule has 0 spiro atoms. The Morgan fingerprint density at radius 1 is 1.24 bits per heavy atom. The Morgan fingerprint density at radius 2 is 2.00 bits per heavy atom. The van der Waals surface area contributed by atoms with E-state index in [1.165, 1.54) is 22.3 Å². The van der Waals surface area contributed by atoms with Crippen LogP contribution < -0.4 is 5.32 Å². The predicted octanol–water partition coefficient (Wildman–Crippen LogP) is 4.55. The molecular weight excluding hydrogens is 570 g/mol. The van der Waals surface area contributed by atoms with Gasteiger partial charge in [-0.25, -0.2) is 4.39 Å². The van der Waals surface area contributed by atoms with Crippen molar-refractivity contribution in [1.29, 1.82) is 0 Å². The van der Waals surface area contributed by atoms with Crippen LogP contribution in [0, 0.1) is 5.82 Å². The smallest absolute Gasteiger partial charge is 0.419 e. The Balaban J connectivity index is 1.39. The molecule has 1 aliphatic heterocycles. The van der Waals surface area contributed by atoms with Crippen molar-refractivity contribution in [2.45, 2.75) is 19.0 Å². The second kappa shape index (κ2) is 11.0. The Kier molecular flexibility index (Phi) is 7.94. The Bertz CT molecular complexity index is 1470. The van der Waals surface area contributed by atoms with Crippen molar-refractivity contribution < 1.29 is 37.1 Å². The minimum Gasteiger partial charge on any atom is -0.481 e. The van der Waals surface area contributed by atoms with Crippen molar-refractivity contribution in [3.05, 3.63) is 56.6 Å². The van der Waals surface area contributed by atoms with Crippen LogP contribution in [0.1, 0.15) is 22.7 Å². The first kappa shape index (κ1) is 27.4. The SMILES string of the molecule is O=C(O)Cc1nc(NC(=O)CCN2C(=O)C(=Cc3cc(-c4ccc(F)c(C(F)(F)F)c4)cs3)SC2=S)n[nH]1. The fourth-order valence-corrected chi connectivity index (χ4v) is 5.52. The number of alkyl halides is 3. The number of rotatable bonds is 8. The summed E-state index contributed by atoms with van der Waals surface area (Å²) in [5.74, 6) is -3.49. The maximum atomic E-state index is 13.6. The van der Waals surface area contributed by atoms with Crippen molar-refractivity contribution in [1.82, 2.24) is 20.1 Å². The van der Waals surface area contributed by atoms with E-state index in [9.17, 15) is 31.9 Å². The second-order valence-corrected chi connectivity index (χ2v) is 10.4. The molecule has 0 aliphatic carbocycles. The van der Waals surface area contributed by atoms with E-state index in [-0.39, 0.29) is 39.5 Å². The van der Waals surface area contributed by atoms with Crippen molar-refractivity contribution in [2.24, 2.45) is 0 Å². The van der Waals surface area contributed by atoms with Crippen molar-refractivity contribution >= 4 is 69.4 Å². The first-order chi connectivity index (χ1) is 17.9. The summed E-state index contributed by atoms with van der Waals surface area (Å²) >= 11 is 7.45. The summed E-state index contributed by atoms with van der Waals surface area (Å²) in [6.07, 6.45) is -3.82. The number of amides is 2. The predicted molar refractivity (Wildman–Crippen MR) is 136 cm³/mol. The number of anilines is 1. The van der Waals surface area contributed by atoms with E-state index in [1.807, 2.05) is 0 Å². The average Bonchev–Trinajstić information content (AvgIpc) is 3.53. The zero-order valence-corrected chi connectivity index (χ0v) is 21.3. The summed E-state index contributed by atoms with van der Waals surface area (Å²) in [5.41, 5.74) is -0.761. The van der Waals surface area contributed by atoms with E-state index < -0.39 is 41.8 Å². The van der Waals surface area contributed by atoms with Crippen LogP contribution >= 0.6 is 35.3 Å². The molecule has 3 N–H and O–H groups in total. The lowest BCUT2D eigenvalue weighted by atomic mass is 10.0. The van der Waals surface area contributed by atoms with Crippen LogP contribution in [0.5, 0.6) is 0 Å². The zero-order chi connectivity index (χ0) is 27.6. The first-order valence-electron chi connectivity index (χ1n) is 10.5. The molecule has 3 heterocycles. The Morgan fingerprint density at radius 3 is 2.71 bits per heavy atom. The number of carboxylic acids is 1. The van der Waals surface area contributed by atoms with Gasteiger partial charge in [-0.15, -0.1) is 16.4 Å². The molecular formula is C22H15F4N5O4S3. The molecule has 16 heteroatoms. The highest BCUT2D eigenvalue weighted by Gasteiger charge is 2.35. The summed E-state index contributed by atoms with van der Waals surface area (Å²) in [6.45, 7) is -0.0360. The molecule has 2 aromatic heterocycles. The molecule has 1 aliphatic rings. The third-order valence-corrected chi connectivity index (χ3v) is 7.29. The van der Waals surface area contributed by atoms with E-state index in [2.05, 4.69) is 20.5 Å². The number of benzene rings is 1. The maximum Gasteiger partial charge on any atom is 0.419 e. The molecule has 0 saturated carbocycles. The fraction of sp³-hybridized carbons (Fsp3) is 0.182. The van der Waals surface area contributed by atoms with Gasteiger partial charge in [0.2, 0.25) is 11.9 Å². The third-order valence-electron chi connectivity index (χ3n) is 5.04. The largest absolute Gasteiger partial charge is 0.481 e. The summed E-state index contributed by atoms with van der Waals surface area (Å²) < 4.78 is 53.0. The number of aliphatic carboxylic acids is 1. The number of thiocarbonyl (C=S) groups is 1. The Hall–Kier alpha value is -3.63. The topological polar surface area (TPSA) is 128 Å². The normalized spacial score (nSPS) is 14.9. The molecule has 3 aromatic rings. The second-order valence-electron chi connectivity index (χ2n) is 7.74. The number of nitrogens with zero attached hydrogens (tertiary/aromatic N) is 3. The minimum absolute atomic E-state index is 0.0360. The van der Waals surface area contributed by atoms with Gasteiger partial charge in [-0.05, 0) is 40.8 Å². The van der Waals surface area contributed by atoms with Crippen LogP contribution in [-0.2, 0) is 27.0 Å². The van der Waals surface area contributed by atoms with Crippen LogP contribution in [0.25, 0.3) is 17.2 Å². The van der Waals surface area contributed by atoms with Gasteiger partial charge < -0.3 is 5.11 Å². The summed E-state index contributed by atoms with van der Waals surface area (Å²) in [4.78, 5) is 41.7. The number of thiophene rings is 1. The summed E-state index contributed by atoms with van der Waals surface area (Å²) in [5, 5.41) is 18.8. The molecule has 0 atom stereocenters. The van der Waals surface area contributed by atoms with Gasteiger partial charge in [-0.1, -0.05) is 30.0 Å². The van der Waals surface area contributed by atoms with E-state index in [0.717, 1.165) is 23.9 Å². The number of aromatic amines is 1. The monoisotopic (exact) mass is 585 g/mol. The molecule has 1 saturated heterocycles. The van der Waals surface area contributed by atoms with Gasteiger partial charge in [0.25, 0.3) is 5.91 Å². The number of carbonyl (C=O) groups is 3. The zero-order valence-electron chi connectivity index (χ0n) is 18.8. The maximum absolute atomic E-state index is 13.6. The van der Waals surface area contributed by atoms with E-state index in [0.29, 0.717) is 10.4 Å². The molecule has 0 unspecified atom stereocenters. The minimum atomic E-state index is -4.83. The molecule has 0 radical (unpaired) electrons. The lowest BCUT2D eigenvalue weighted by Crippen LogP contribution is -2.31. The molecule has 198 valence electrons. The molecule has 2 amide bonds. The van der Waals surface area contributed by atoms with Gasteiger partial charge in [-0.3, -0.25) is 29.7 Å². The summed E-state index contributed by atoms with van der Waals surface area (Å²) in [7, 11) is 0. The highest BCUT2D eigenvalue weighted by Crippen LogP contribution is 2.37. The molecule has 9 nitrogen and oxygen atoms in total. The number of hydrogen-bond donors (Lipinski definition) is 3. The molecule has 4 rings (SSSR count). The van der Waals surface area contributed by atoms with Gasteiger partial charge >= 0.3 is 12.1 Å². The summed E-state index contributed by atoms with van der Waals surface area (Å²) in [6, 6.07) is 4.31. The highest BCUT2D eigenvalue weighted by molar-refractivity contribution is 8.26. The number of thioether (sulfide) groups is 1. The van der Waals surface area contributed by atoms with E-state index in [1.54, 1.807) is 17.5 Å². The van der Waals surface area contributed by atoms with Gasteiger partial charge in [-0.2, -0.15) is 18.2 Å². The fourth-order valence-electron chi connectivity index (χ4n) is 3.30. The van der Waals surface area contributed by atoms with Gasteiger partial charge in [0.15, 0.2) is 0 Å².